The van der Waals surface area contributed by atoms with Gasteiger partial charge in [0.2, 0.25) is 0 Å². The minimum absolute atomic E-state index is 0.570. The molecule has 0 N–H and O–H groups in total. The first kappa shape index (κ1) is 21.8. The molecule has 0 aromatic heterocycles. The summed E-state index contributed by atoms with van der Waals surface area (Å²) in [6.07, 6.45) is 23.2. The smallest absolute Gasteiger partial charge is 0.0203 e. The summed E-state index contributed by atoms with van der Waals surface area (Å²) in [4.78, 5) is 0. The summed E-state index contributed by atoms with van der Waals surface area (Å²) in [7, 11) is 0. The van der Waals surface area contributed by atoms with E-state index in [0.29, 0.717) is 16.7 Å². The predicted octanol–water partition coefficient (Wildman–Crippen LogP) is 8.36. The minimum Gasteiger partial charge on any atom is -0.120 e. The van der Waals surface area contributed by atoms with Crippen LogP contribution in [0.4, 0.5) is 0 Å². The van der Waals surface area contributed by atoms with Crippen molar-refractivity contribution in [3.63, 3.8) is 0 Å². The first-order valence-electron chi connectivity index (χ1n) is 13.3. The lowest BCUT2D eigenvalue weighted by molar-refractivity contribution is -0.118. The zero-order valence-electron chi connectivity index (χ0n) is 20.2. The van der Waals surface area contributed by atoms with E-state index in [9.17, 15) is 0 Å². The summed E-state index contributed by atoms with van der Waals surface area (Å²) in [5.74, 6) is 10.4. The van der Waals surface area contributed by atoms with Crippen LogP contribution >= 0.6 is 0 Å². The average molecular weight is 397 g/mol. The fourth-order valence-corrected chi connectivity index (χ4v) is 9.43. The lowest BCUT2D eigenvalue weighted by Gasteiger charge is -2.61. The number of hydrogen-bond acceptors (Lipinski definition) is 0. The van der Waals surface area contributed by atoms with Gasteiger partial charge in [0.05, 0.1) is 0 Å². The maximum absolute atomic E-state index is 5.83. The van der Waals surface area contributed by atoms with E-state index in [1.807, 2.05) is 0 Å². The predicted molar refractivity (Wildman–Crippen MR) is 125 cm³/mol. The molecule has 4 aliphatic carbocycles. The fourth-order valence-electron chi connectivity index (χ4n) is 9.43. The van der Waals surface area contributed by atoms with Crippen LogP contribution in [0.5, 0.6) is 0 Å². The molecular weight excluding hydrogens is 348 g/mol. The Kier molecular flexibility index (Phi) is 6.19. The molecular formula is C29H48. The van der Waals surface area contributed by atoms with Gasteiger partial charge < -0.3 is 0 Å². The van der Waals surface area contributed by atoms with E-state index in [0.717, 1.165) is 41.4 Å². The molecule has 0 amide bonds. The average Bonchev–Trinajstić information content (AvgIpc) is 3.04. The van der Waals surface area contributed by atoms with Crippen LogP contribution in [-0.2, 0) is 0 Å². The van der Waals surface area contributed by atoms with Crippen LogP contribution in [-0.4, -0.2) is 0 Å². The second-order valence-corrected chi connectivity index (χ2v) is 12.8. The Morgan fingerprint density at radius 3 is 2.31 bits per heavy atom. The molecule has 0 spiro atoms. The van der Waals surface area contributed by atoms with Crippen LogP contribution in [0.2, 0.25) is 0 Å². The highest BCUT2D eigenvalue weighted by Crippen LogP contribution is 2.68. The molecule has 0 aromatic rings. The summed E-state index contributed by atoms with van der Waals surface area (Å²) in [5.41, 5.74) is 1.23. The Labute approximate surface area is 182 Å². The molecule has 0 heteroatoms. The van der Waals surface area contributed by atoms with Crippen molar-refractivity contribution in [1.82, 2.24) is 0 Å². The van der Waals surface area contributed by atoms with Gasteiger partial charge in [0, 0.05) is 5.92 Å². The van der Waals surface area contributed by atoms with Crippen LogP contribution < -0.4 is 0 Å². The van der Waals surface area contributed by atoms with Gasteiger partial charge in [0.25, 0.3) is 0 Å². The summed E-state index contributed by atoms with van der Waals surface area (Å²) >= 11 is 0. The van der Waals surface area contributed by atoms with E-state index in [1.54, 1.807) is 0 Å². The van der Waals surface area contributed by atoms with Crippen molar-refractivity contribution in [3.8, 4) is 12.3 Å². The molecule has 0 saturated heterocycles. The summed E-state index contributed by atoms with van der Waals surface area (Å²) < 4.78 is 0. The van der Waals surface area contributed by atoms with Gasteiger partial charge in [-0.05, 0) is 110 Å². The van der Waals surface area contributed by atoms with Crippen LogP contribution in [0.25, 0.3) is 0 Å². The molecule has 1 unspecified atom stereocenters. The summed E-state index contributed by atoms with van der Waals surface area (Å²) in [5, 5.41) is 0. The van der Waals surface area contributed by atoms with Crippen molar-refractivity contribution in [2.75, 3.05) is 0 Å². The second-order valence-electron chi connectivity index (χ2n) is 12.8. The number of terminal acetylenes is 1. The third kappa shape index (κ3) is 3.72. The lowest BCUT2D eigenvalue weighted by Crippen LogP contribution is -2.53. The molecule has 0 bridgehead atoms. The Bertz CT molecular complexity index is 610. The number of hydrogen-bond donors (Lipinski definition) is 0. The van der Waals surface area contributed by atoms with Crippen molar-refractivity contribution in [1.29, 1.82) is 0 Å². The molecule has 29 heavy (non-hydrogen) atoms. The van der Waals surface area contributed by atoms with Gasteiger partial charge in [0.1, 0.15) is 0 Å². The number of rotatable bonds is 5. The van der Waals surface area contributed by atoms with Crippen molar-refractivity contribution >= 4 is 0 Å². The van der Waals surface area contributed by atoms with Crippen molar-refractivity contribution < 1.29 is 0 Å². The molecule has 0 nitrogen and oxygen atoms in total. The normalized spacial score (nSPS) is 47.8. The zero-order chi connectivity index (χ0) is 20.8. The third-order valence-corrected chi connectivity index (χ3v) is 11.1. The monoisotopic (exact) mass is 396 g/mol. The van der Waals surface area contributed by atoms with Gasteiger partial charge in [-0.3, -0.25) is 0 Å². The Morgan fingerprint density at radius 1 is 0.862 bits per heavy atom. The minimum atomic E-state index is 0.570. The second kappa shape index (κ2) is 8.24. The molecule has 4 rings (SSSR count). The van der Waals surface area contributed by atoms with Gasteiger partial charge >= 0.3 is 0 Å². The lowest BCUT2D eigenvalue weighted by atomic mass is 9.44. The van der Waals surface area contributed by atoms with Gasteiger partial charge in [-0.15, -0.1) is 12.3 Å². The first-order valence-corrected chi connectivity index (χ1v) is 13.3. The van der Waals surface area contributed by atoms with Crippen molar-refractivity contribution in [2.45, 2.75) is 112 Å². The Balaban J connectivity index is 1.46. The standard InChI is InChI=1S/C29H48/c1-7-22-15-17-28(5)23(19-22)11-12-24-26-14-13-25(21(4)10-8-9-20(2)3)29(26,6)18-16-27(24)28/h1,20-27H,8-19H2,2-6H3/t21-,22-,23+,24+,25?,26+,27+,28+,29-/m1/s1. The van der Waals surface area contributed by atoms with Gasteiger partial charge in [-0.25, -0.2) is 0 Å². The highest BCUT2D eigenvalue weighted by molar-refractivity contribution is 5.11. The first-order chi connectivity index (χ1) is 13.8. The van der Waals surface area contributed by atoms with Crippen LogP contribution in [0.15, 0.2) is 0 Å². The van der Waals surface area contributed by atoms with E-state index in [1.165, 1.54) is 77.0 Å². The van der Waals surface area contributed by atoms with E-state index in [4.69, 9.17) is 6.42 Å². The quantitative estimate of drug-likeness (QED) is 0.409. The molecule has 164 valence electrons. The highest BCUT2D eigenvalue weighted by atomic mass is 14.6. The maximum Gasteiger partial charge on any atom is 0.0203 e. The Hall–Kier alpha value is -0.440. The van der Waals surface area contributed by atoms with Gasteiger partial charge in [-0.2, -0.15) is 0 Å². The van der Waals surface area contributed by atoms with Crippen LogP contribution in [0, 0.1) is 70.5 Å². The van der Waals surface area contributed by atoms with E-state index in [2.05, 4.69) is 40.5 Å². The topological polar surface area (TPSA) is 0 Å². The zero-order valence-corrected chi connectivity index (χ0v) is 20.2. The fraction of sp³-hybridized carbons (Fsp3) is 0.931. The SMILES string of the molecule is C#C[C@@H]1CC[C@@]2(C)[C@@H](CC[C@@H]3[C@@H]2CC[C@]2(C)C([C@H](C)CCCC(C)C)CC[C@@H]32)C1. The Morgan fingerprint density at radius 2 is 1.59 bits per heavy atom. The van der Waals surface area contributed by atoms with Gasteiger partial charge in [-0.1, -0.05) is 53.9 Å². The molecule has 9 atom stereocenters. The maximum atomic E-state index is 5.83. The van der Waals surface area contributed by atoms with E-state index >= 15 is 0 Å². The molecule has 0 aromatic carbocycles. The summed E-state index contributed by atoms with van der Waals surface area (Å²) in [6, 6.07) is 0. The van der Waals surface area contributed by atoms with E-state index in [-0.39, 0.29) is 0 Å². The highest BCUT2D eigenvalue weighted by Gasteiger charge is 2.60. The molecule has 0 heterocycles. The van der Waals surface area contributed by atoms with Crippen molar-refractivity contribution in [3.05, 3.63) is 0 Å². The molecule has 4 fully saturated rings. The van der Waals surface area contributed by atoms with Crippen LogP contribution in [0.3, 0.4) is 0 Å². The van der Waals surface area contributed by atoms with Gasteiger partial charge in [0.15, 0.2) is 0 Å². The molecule has 0 aliphatic heterocycles. The molecule has 4 aliphatic rings. The molecule has 4 saturated carbocycles. The molecule has 0 radical (unpaired) electrons. The van der Waals surface area contributed by atoms with E-state index < -0.39 is 0 Å². The summed E-state index contributed by atoms with van der Waals surface area (Å²) in [6.45, 7) is 12.8. The van der Waals surface area contributed by atoms with Crippen LogP contribution in [0.1, 0.15) is 112 Å². The van der Waals surface area contributed by atoms with Crippen molar-refractivity contribution in [2.24, 2.45) is 58.2 Å². The third-order valence-electron chi connectivity index (χ3n) is 11.1. The number of fused-ring (bicyclic) bond motifs is 5. The largest absolute Gasteiger partial charge is 0.120 e.